The van der Waals surface area contributed by atoms with Crippen LogP contribution in [0.25, 0.3) is 0 Å². The highest BCUT2D eigenvalue weighted by molar-refractivity contribution is 7.10. The molecule has 0 aliphatic rings. The van der Waals surface area contributed by atoms with E-state index < -0.39 is 12.0 Å². The van der Waals surface area contributed by atoms with Crippen LogP contribution in [0.1, 0.15) is 36.3 Å². The predicted octanol–water partition coefficient (Wildman–Crippen LogP) is 3.63. The average Bonchev–Trinajstić information content (AvgIpc) is 3.28. The van der Waals surface area contributed by atoms with Crippen LogP contribution in [0.15, 0.2) is 29.6 Å². The summed E-state index contributed by atoms with van der Waals surface area (Å²) in [4.78, 5) is 42.1. The first-order valence-electron chi connectivity index (χ1n) is 12.0. The van der Waals surface area contributed by atoms with E-state index in [1.807, 2.05) is 43.5 Å². The first-order chi connectivity index (χ1) is 17.3. The molecule has 36 heavy (non-hydrogen) atoms. The first kappa shape index (κ1) is 29.0. The van der Waals surface area contributed by atoms with E-state index in [1.165, 1.54) is 4.90 Å². The fourth-order valence-electron chi connectivity index (χ4n) is 3.59. The van der Waals surface area contributed by atoms with Crippen LogP contribution in [-0.4, -0.2) is 74.7 Å². The maximum absolute atomic E-state index is 13.4. The van der Waals surface area contributed by atoms with Crippen molar-refractivity contribution >= 4 is 29.2 Å². The lowest BCUT2D eigenvalue weighted by molar-refractivity contribution is -0.141. The Morgan fingerprint density at radius 1 is 1.00 bits per heavy atom. The number of urea groups is 1. The molecule has 0 radical (unpaired) electrons. The zero-order valence-corrected chi connectivity index (χ0v) is 22.6. The summed E-state index contributed by atoms with van der Waals surface area (Å²) in [6.45, 7) is 6.89. The Bertz CT molecular complexity index is 1010. The highest BCUT2D eigenvalue weighted by Gasteiger charge is 2.22. The van der Waals surface area contributed by atoms with Gasteiger partial charge in [-0.05, 0) is 61.4 Å². The molecule has 1 aromatic carbocycles. The van der Waals surface area contributed by atoms with Crippen LogP contribution in [0.3, 0.4) is 0 Å². The maximum atomic E-state index is 13.4. The summed E-state index contributed by atoms with van der Waals surface area (Å²) in [7, 11) is 3.18. The Labute approximate surface area is 217 Å². The smallest absolute Gasteiger partial charge is 0.325 e. The third kappa shape index (κ3) is 8.75. The summed E-state index contributed by atoms with van der Waals surface area (Å²) in [6.07, 6.45) is 1.29. The second-order valence-electron chi connectivity index (χ2n) is 8.17. The molecule has 0 spiro atoms. The van der Waals surface area contributed by atoms with E-state index in [-0.39, 0.29) is 25.6 Å². The van der Waals surface area contributed by atoms with E-state index in [9.17, 15) is 14.4 Å². The molecule has 0 unspecified atom stereocenters. The number of amides is 3. The van der Waals surface area contributed by atoms with Crippen molar-refractivity contribution in [1.29, 1.82) is 0 Å². The summed E-state index contributed by atoms with van der Waals surface area (Å²) in [5.41, 5.74) is 2.13. The average molecular weight is 520 g/mol. The maximum Gasteiger partial charge on any atom is 0.325 e. The van der Waals surface area contributed by atoms with Gasteiger partial charge in [0.25, 0.3) is 0 Å². The molecule has 1 heterocycles. The van der Waals surface area contributed by atoms with E-state index in [2.05, 4.69) is 5.32 Å². The Kier molecular flexibility index (Phi) is 12.0. The molecule has 198 valence electrons. The minimum Gasteiger partial charge on any atom is -0.493 e. The highest BCUT2D eigenvalue weighted by atomic mass is 32.1. The van der Waals surface area contributed by atoms with Gasteiger partial charge in [0.2, 0.25) is 5.91 Å². The van der Waals surface area contributed by atoms with Gasteiger partial charge in [-0.2, -0.15) is 0 Å². The summed E-state index contributed by atoms with van der Waals surface area (Å²) < 4.78 is 15.6. The van der Waals surface area contributed by atoms with Gasteiger partial charge in [-0.15, -0.1) is 11.3 Å². The van der Waals surface area contributed by atoms with E-state index in [0.717, 1.165) is 16.0 Å². The van der Waals surface area contributed by atoms with Gasteiger partial charge in [-0.1, -0.05) is 13.0 Å². The molecule has 0 bridgehead atoms. The quantitative estimate of drug-likeness (QED) is 0.383. The van der Waals surface area contributed by atoms with Crippen molar-refractivity contribution in [2.75, 3.05) is 47.0 Å². The molecule has 1 N–H and O–H groups in total. The Balaban J connectivity index is 2.14. The topological polar surface area (TPSA) is 97.4 Å². The van der Waals surface area contributed by atoms with Crippen molar-refractivity contribution in [3.8, 4) is 11.5 Å². The normalized spacial score (nSPS) is 10.5. The number of ether oxygens (including phenoxy) is 3. The fourth-order valence-corrected chi connectivity index (χ4v) is 4.51. The largest absolute Gasteiger partial charge is 0.493 e. The van der Waals surface area contributed by atoms with Gasteiger partial charge in [-0.3, -0.25) is 9.59 Å². The van der Waals surface area contributed by atoms with Crippen molar-refractivity contribution in [2.45, 2.75) is 40.2 Å². The Morgan fingerprint density at radius 2 is 1.75 bits per heavy atom. The number of esters is 1. The van der Waals surface area contributed by atoms with Crippen molar-refractivity contribution in [3.63, 3.8) is 0 Å². The van der Waals surface area contributed by atoms with E-state index in [4.69, 9.17) is 14.2 Å². The van der Waals surface area contributed by atoms with Crippen LogP contribution >= 0.6 is 11.3 Å². The van der Waals surface area contributed by atoms with Crippen LogP contribution in [0, 0.1) is 6.92 Å². The molecular formula is C26H37N3O6S. The van der Waals surface area contributed by atoms with Crippen molar-refractivity contribution in [1.82, 2.24) is 15.1 Å². The molecule has 0 atom stereocenters. The van der Waals surface area contributed by atoms with Gasteiger partial charge in [-0.25, -0.2) is 4.79 Å². The molecule has 0 aliphatic carbocycles. The Hall–Kier alpha value is -3.27. The van der Waals surface area contributed by atoms with Gasteiger partial charge >= 0.3 is 12.0 Å². The number of aryl methyl sites for hydroxylation is 1. The zero-order chi connectivity index (χ0) is 26.5. The van der Waals surface area contributed by atoms with Gasteiger partial charge in [0.1, 0.15) is 13.1 Å². The lowest BCUT2D eigenvalue weighted by Gasteiger charge is -2.28. The Morgan fingerprint density at radius 3 is 2.36 bits per heavy atom. The molecule has 0 saturated heterocycles. The van der Waals surface area contributed by atoms with Crippen molar-refractivity contribution in [3.05, 3.63) is 45.6 Å². The molecule has 10 heteroatoms. The molecule has 2 aromatic rings. The summed E-state index contributed by atoms with van der Waals surface area (Å²) in [6, 6.07) is 7.27. The second kappa shape index (κ2) is 15.0. The predicted molar refractivity (Wildman–Crippen MR) is 140 cm³/mol. The second-order valence-corrected chi connectivity index (χ2v) is 9.17. The molecule has 0 aliphatic heterocycles. The number of nitrogens with one attached hydrogen (secondary N) is 1. The SMILES string of the molecule is CCCN(CC(=O)N(CCc1ccc(OC)c(OC)c1)Cc1sccc1C)C(=O)NCC(=O)OCC. The minimum atomic E-state index is -0.515. The molecule has 9 nitrogen and oxygen atoms in total. The number of hydrogen-bond donors (Lipinski definition) is 1. The monoisotopic (exact) mass is 519 g/mol. The first-order valence-corrected chi connectivity index (χ1v) is 12.9. The molecule has 0 fully saturated rings. The number of methoxy groups -OCH3 is 2. The summed E-state index contributed by atoms with van der Waals surface area (Å²) >= 11 is 1.60. The van der Waals surface area contributed by atoms with Gasteiger partial charge in [0.05, 0.1) is 27.4 Å². The molecular weight excluding hydrogens is 482 g/mol. The molecule has 2 rings (SSSR count). The van der Waals surface area contributed by atoms with Crippen LogP contribution in [0.4, 0.5) is 4.79 Å². The standard InChI is InChI=1S/C26H37N3O6S/c1-6-12-29(26(32)27-16-25(31)35-7-2)18-24(30)28(17-23-19(3)11-14-36-23)13-10-20-8-9-21(33-4)22(15-20)34-5/h8-9,11,14-15H,6-7,10,12-13,16-18H2,1-5H3,(H,27,32). The van der Waals surface area contributed by atoms with Crippen molar-refractivity contribution < 1.29 is 28.6 Å². The summed E-state index contributed by atoms with van der Waals surface area (Å²) in [5.74, 6) is 0.600. The number of carbonyl (C=O) groups is 3. The van der Waals surface area contributed by atoms with Crippen molar-refractivity contribution in [2.24, 2.45) is 0 Å². The van der Waals surface area contributed by atoms with Gasteiger partial charge < -0.3 is 29.3 Å². The van der Waals surface area contributed by atoms with Crippen LogP contribution in [0.2, 0.25) is 0 Å². The van der Waals surface area contributed by atoms with Crippen LogP contribution in [-0.2, 0) is 27.3 Å². The minimum absolute atomic E-state index is 0.0845. The third-order valence-electron chi connectivity index (χ3n) is 5.57. The van der Waals surface area contributed by atoms with Gasteiger partial charge in [0.15, 0.2) is 11.5 Å². The number of nitrogens with zero attached hydrogens (tertiary/aromatic N) is 2. The molecule has 1 aromatic heterocycles. The number of benzene rings is 1. The number of hydrogen-bond acceptors (Lipinski definition) is 7. The van der Waals surface area contributed by atoms with E-state index in [1.54, 1.807) is 37.4 Å². The number of carbonyl (C=O) groups excluding carboxylic acids is 3. The van der Waals surface area contributed by atoms with E-state index in [0.29, 0.717) is 44.0 Å². The molecule has 0 saturated carbocycles. The molecule has 3 amide bonds. The number of rotatable bonds is 14. The lowest BCUT2D eigenvalue weighted by atomic mass is 10.1. The van der Waals surface area contributed by atoms with E-state index >= 15 is 0 Å². The third-order valence-corrected chi connectivity index (χ3v) is 6.58. The van der Waals surface area contributed by atoms with Gasteiger partial charge in [0, 0.05) is 18.0 Å². The van der Waals surface area contributed by atoms with Crippen LogP contribution in [0.5, 0.6) is 11.5 Å². The zero-order valence-electron chi connectivity index (χ0n) is 21.8. The lowest BCUT2D eigenvalue weighted by Crippen LogP contribution is -2.48. The highest BCUT2D eigenvalue weighted by Crippen LogP contribution is 2.28. The fraction of sp³-hybridized carbons (Fsp3) is 0.500. The van der Waals surface area contributed by atoms with Crippen LogP contribution < -0.4 is 14.8 Å². The summed E-state index contributed by atoms with van der Waals surface area (Å²) in [5, 5.41) is 4.56. The number of thiophene rings is 1.